The molecule has 0 aromatic heterocycles. The van der Waals surface area contributed by atoms with Crippen molar-refractivity contribution in [1.82, 2.24) is 5.43 Å². The van der Waals surface area contributed by atoms with E-state index in [1.165, 1.54) is 11.8 Å². The molecule has 0 aromatic rings. The van der Waals surface area contributed by atoms with Crippen LogP contribution in [0, 0.1) is 0 Å². The maximum Gasteiger partial charge on any atom is 0.176 e. The predicted octanol–water partition coefficient (Wildman–Crippen LogP) is -0.165. The number of aldehydes is 1. The average molecular weight is 130 g/mol. The lowest BCUT2D eigenvalue weighted by molar-refractivity contribution is -0.102. The fourth-order valence-electron chi connectivity index (χ4n) is 0.428. The number of hydrogen-bond donors (Lipinski definition) is 1. The van der Waals surface area contributed by atoms with Crippen LogP contribution in [0.15, 0.2) is 5.10 Å². The van der Waals surface area contributed by atoms with Crippen molar-refractivity contribution in [2.45, 2.75) is 0 Å². The molecule has 0 amide bonds. The zero-order valence-corrected chi connectivity index (χ0v) is 5.07. The Morgan fingerprint density at radius 1 is 1.88 bits per heavy atom. The predicted molar refractivity (Wildman–Crippen MR) is 34.0 cm³/mol. The molecule has 4 heteroatoms. The number of hydrogen-bond acceptors (Lipinski definition) is 4. The first-order valence-electron chi connectivity index (χ1n) is 2.32. The highest BCUT2D eigenvalue weighted by Gasteiger charge is 2.01. The third-order valence-corrected chi connectivity index (χ3v) is 1.65. The third kappa shape index (κ3) is 1.23. The second-order valence-corrected chi connectivity index (χ2v) is 2.44. The number of rotatable bonds is 1. The summed E-state index contributed by atoms with van der Waals surface area (Å²) in [4.78, 5) is 9.97. The van der Waals surface area contributed by atoms with Crippen molar-refractivity contribution in [2.24, 2.45) is 5.10 Å². The smallest absolute Gasteiger partial charge is 0.176 e. The van der Waals surface area contributed by atoms with Gasteiger partial charge in [0.15, 0.2) is 11.3 Å². The van der Waals surface area contributed by atoms with Crippen molar-refractivity contribution in [3.63, 3.8) is 0 Å². The molecule has 0 fully saturated rings. The summed E-state index contributed by atoms with van der Waals surface area (Å²) >= 11 is 1.48. The van der Waals surface area contributed by atoms with Crippen molar-refractivity contribution < 1.29 is 4.79 Å². The molecule has 0 bridgehead atoms. The van der Waals surface area contributed by atoms with Crippen LogP contribution in [0.1, 0.15) is 0 Å². The number of thioether (sulfide) groups is 1. The highest BCUT2D eigenvalue weighted by atomic mass is 32.2. The van der Waals surface area contributed by atoms with Gasteiger partial charge in [-0.3, -0.25) is 4.79 Å². The van der Waals surface area contributed by atoms with Crippen molar-refractivity contribution in [2.75, 3.05) is 12.3 Å². The molecule has 1 rings (SSSR count). The zero-order chi connectivity index (χ0) is 5.82. The number of nitrogens with one attached hydrogen (secondary N) is 1. The van der Waals surface area contributed by atoms with Crippen molar-refractivity contribution in [3.8, 4) is 0 Å². The van der Waals surface area contributed by atoms with Gasteiger partial charge in [0.05, 0.1) is 0 Å². The van der Waals surface area contributed by atoms with Gasteiger partial charge in [-0.2, -0.15) is 5.10 Å². The summed E-state index contributed by atoms with van der Waals surface area (Å²) < 4.78 is 0. The summed E-state index contributed by atoms with van der Waals surface area (Å²) in [7, 11) is 0. The van der Waals surface area contributed by atoms with E-state index in [9.17, 15) is 4.79 Å². The Balaban J connectivity index is 2.49. The highest BCUT2D eigenvalue weighted by molar-refractivity contribution is 8.15. The van der Waals surface area contributed by atoms with Gasteiger partial charge in [0.25, 0.3) is 0 Å². The second kappa shape index (κ2) is 2.71. The van der Waals surface area contributed by atoms with Crippen LogP contribution in [0.2, 0.25) is 0 Å². The number of carbonyl (C=O) groups excluding carboxylic acids is 1. The first kappa shape index (κ1) is 5.62. The molecule has 0 aromatic carbocycles. The summed E-state index contributed by atoms with van der Waals surface area (Å²) in [6, 6.07) is 0. The lowest BCUT2D eigenvalue weighted by atomic mass is 10.8. The van der Waals surface area contributed by atoms with Gasteiger partial charge in [-0.1, -0.05) is 11.8 Å². The monoisotopic (exact) mass is 130 g/mol. The Labute approximate surface area is 51.5 Å². The Hall–Kier alpha value is -0.510. The number of nitrogens with zero attached hydrogens (tertiary/aromatic N) is 1. The van der Waals surface area contributed by atoms with Gasteiger partial charge < -0.3 is 5.43 Å². The fourth-order valence-corrected chi connectivity index (χ4v) is 1.03. The lowest BCUT2D eigenvalue weighted by Crippen LogP contribution is -2.19. The van der Waals surface area contributed by atoms with E-state index in [1.54, 1.807) is 0 Å². The van der Waals surface area contributed by atoms with Crippen LogP contribution < -0.4 is 5.43 Å². The van der Waals surface area contributed by atoms with Gasteiger partial charge in [0, 0.05) is 12.3 Å². The molecular formula is C4H6N2OS. The summed E-state index contributed by atoms with van der Waals surface area (Å²) in [5.74, 6) is 0.942. The van der Waals surface area contributed by atoms with Crippen LogP contribution in [0.5, 0.6) is 0 Å². The SMILES string of the molecule is O=CC1=NNCCS1. The minimum absolute atomic E-state index is 0.552. The van der Waals surface area contributed by atoms with Gasteiger partial charge in [-0.25, -0.2) is 0 Å². The van der Waals surface area contributed by atoms with Gasteiger partial charge in [0.2, 0.25) is 0 Å². The molecule has 0 spiro atoms. The van der Waals surface area contributed by atoms with Gasteiger partial charge >= 0.3 is 0 Å². The number of carbonyl (C=O) groups is 1. The fraction of sp³-hybridized carbons (Fsp3) is 0.500. The van der Waals surface area contributed by atoms with Crippen LogP contribution in [-0.2, 0) is 4.79 Å². The molecule has 0 saturated heterocycles. The van der Waals surface area contributed by atoms with Gasteiger partial charge in [-0.05, 0) is 0 Å². The van der Waals surface area contributed by atoms with E-state index >= 15 is 0 Å². The van der Waals surface area contributed by atoms with Crippen LogP contribution >= 0.6 is 11.8 Å². The Morgan fingerprint density at radius 3 is 3.12 bits per heavy atom. The molecule has 0 unspecified atom stereocenters. The first-order chi connectivity index (χ1) is 3.93. The third-order valence-electron chi connectivity index (χ3n) is 0.754. The normalized spacial score (nSPS) is 18.8. The van der Waals surface area contributed by atoms with Crippen molar-refractivity contribution in [1.29, 1.82) is 0 Å². The summed E-state index contributed by atoms with van der Waals surface area (Å²) in [6.45, 7) is 0.863. The van der Waals surface area contributed by atoms with E-state index in [2.05, 4.69) is 10.5 Å². The number of hydrazone groups is 1. The van der Waals surface area contributed by atoms with Crippen LogP contribution in [0.4, 0.5) is 0 Å². The van der Waals surface area contributed by atoms with Crippen LogP contribution in [0.25, 0.3) is 0 Å². The van der Waals surface area contributed by atoms with E-state index in [1.807, 2.05) is 0 Å². The second-order valence-electron chi connectivity index (χ2n) is 1.32. The minimum atomic E-state index is 0.552. The van der Waals surface area contributed by atoms with Gasteiger partial charge in [0.1, 0.15) is 0 Å². The van der Waals surface area contributed by atoms with E-state index in [-0.39, 0.29) is 0 Å². The Morgan fingerprint density at radius 2 is 2.75 bits per heavy atom. The molecule has 1 aliphatic heterocycles. The molecule has 8 heavy (non-hydrogen) atoms. The Bertz CT molecular complexity index is 123. The van der Waals surface area contributed by atoms with Crippen LogP contribution in [0.3, 0.4) is 0 Å². The molecule has 44 valence electrons. The molecule has 0 aliphatic carbocycles. The zero-order valence-electron chi connectivity index (χ0n) is 4.26. The van der Waals surface area contributed by atoms with E-state index < -0.39 is 0 Å². The van der Waals surface area contributed by atoms with E-state index in [0.717, 1.165) is 18.6 Å². The molecule has 0 saturated carbocycles. The van der Waals surface area contributed by atoms with E-state index in [4.69, 9.17) is 0 Å². The average Bonchev–Trinajstić information content (AvgIpc) is 1.90. The molecule has 3 nitrogen and oxygen atoms in total. The standard InChI is InChI=1S/C4H6N2OS/c7-3-4-6-5-1-2-8-4/h3,5H,1-2H2. The first-order valence-corrected chi connectivity index (χ1v) is 3.30. The molecule has 0 atom stereocenters. The largest absolute Gasteiger partial charge is 0.308 e. The summed E-state index contributed by atoms with van der Waals surface area (Å²) in [5.41, 5.74) is 2.72. The van der Waals surface area contributed by atoms with Gasteiger partial charge in [-0.15, -0.1) is 0 Å². The lowest BCUT2D eigenvalue weighted by Gasteiger charge is -2.05. The van der Waals surface area contributed by atoms with E-state index in [0.29, 0.717) is 5.04 Å². The summed E-state index contributed by atoms with van der Waals surface area (Å²) in [6.07, 6.45) is 0.761. The minimum Gasteiger partial charge on any atom is -0.308 e. The molecule has 1 N–H and O–H groups in total. The Kier molecular flexibility index (Phi) is 1.91. The molecule has 0 radical (unpaired) electrons. The highest BCUT2D eigenvalue weighted by Crippen LogP contribution is 2.03. The molecular weight excluding hydrogens is 124 g/mol. The maximum atomic E-state index is 9.97. The molecule has 1 heterocycles. The van der Waals surface area contributed by atoms with Crippen molar-refractivity contribution in [3.05, 3.63) is 0 Å². The molecule has 1 aliphatic rings. The quantitative estimate of drug-likeness (QED) is 0.501. The topological polar surface area (TPSA) is 41.5 Å². The van der Waals surface area contributed by atoms with Crippen molar-refractivity contribution >= 4 is 23.1 Å². The summed E-state index contributed by atoms with van der Waals surface area (Å²) in [5, 5.41) is 4.26. The van der Waals surface area contributed by atoms with Crippen LogP contribution in [-0.4, -0.2) is 23.6 Å². The maximum absolute atomic E-state index is 9.97.